The molecule has 0 aliphatic carbocycles. The highest BCUT2D eigenvalue weighted by Crippen LogP contribution is 2.25. The zero-order valence-corrected chi connectivity index (χ0v) is 20.9. The lowest BCUT2D eigenvalue weighted by atomic mass is 10.1. The van der Waals surface area contributed by atoms with Gasteiger partial charge in [-0.1, -0.05) is 60.7 Å². The number of rotatable bonds is 5. The molecule has 3 N–H and O–H groups in total. The van der Waals surface area contributed by atoms with Crippen molar-refractivity contribution in [3.63, 3.8) is 0 Å². The predicted molar refractivity (Wildman–Crippen MR) is 142 cm³/mol. The summed E-state index contributed by atoms with van der Waals surface area (Å²) in [4.78, 5) is 36.6. The second kappa shape index (κ2) is 13.7. The molecule has 1 heterocycles. The van der Waals surface area contributed by atoms with Gasteiger partial charge >= 0.3 is 12.2 Å². The first kappa shape index (κ1) is 28.2. The number of aliphatic imine (C=N–C) groups is 1. The lowest BCUT2D eigenvalue weighted by Crippen LogP contribution is -2.44. The summed E-state index contributed by atoms with van der Waals surface area (Å²) >= 11 is 0. The van der Waals surface area contributed by atoms with Crippen LogP contribution in [0.25, 0.3) is 11.0 Å². The molecule has 1 aromatic heterocycles. The fourth-order valence-electron chi connectivity index (χ4n) is 3.18. The van der Waals surface area contributed by atoms with Gasteiger partial charge in [0.05, 0.1) is 23.0 Å². The molecular formula is C25H25Cl2N5O4. The number of alkyl carbamates (subject to hydrolysis) is 2. The zero-order valence-electron chi connectivity index (χ0n) is 19.3. The van der Waals surface area contributed by atoms with E-state index in [1.807, 2.05) is 73.7 Å². The smallest absolute Gasteiger partial charge is 0.414 e. The monoisotopic (exact) mass is 529 g/mol. The van der Waals surface area contributed by atoms with Crippen LogP contribution in [0.4, 0.5) is 15.3 Å². The molecular weight excluding hydrogens is 505 g/mol. The van der Waals surface area contributed by atoms with E-state index >= 15 is 0 Å². The molecule has 0 aliphatic heterocycles. The van der Waals surface area contributed by atoms with Crippen molar-refractivity contribution in [3.05, 3.63) is 95.8 Å². The van der Waals surface area contributed by atoms with E-state index in [9.17, 15) is 9.59 Å². The van der Waals surface area contributed by atoms with Crippen molar-refractivity contribution in [1.82, 2.24) is 20.6 Å². The Bertz CT molecular complexity index is 1250. The Balaban J connectivity index is 0.00000228. The van der Waals surface area contributed by atoms with E-state index in [4.69, 9.17) is 9.47 Å². The highest BCUT2D eigenvalue weighted by atomic mass is 35.5. The molecule has 2 amide bonds. The van der Waals surface area contributed by atoms with Gasteiger partial charge in [-0.3, -0.25) is 10.6 Å². The second-order valence-corrected chi connectivity index (χ2v) is 7.34. The molecule has 11 heteroatoms. The van der Waals surface area contributed by atoms with Crippen molar-refractivity contribution in [2.24, 2.45) is 4.99 Å². The maximum absolute atomic E-state index is 12.4. The number of fused-ring (bicyclic) bond motifs is 1. The van der Waals surface area contributed by atoms with Crippen molar-refractivity contribution in [1.29, 1.82) is 0 Å². The molecule has 36 heavy (non-hydrogen) atoms. The number of nitrogens with one attached hydrogen (secondary N) is 3. The van der Waals surface area contributed by atoms with Crippen molar-refractivity contribution in [2.75, 3.05) is 0 Å². The third-order valence-corrected chi connectivity index (χ3v) is 4.91. The first-order chi connectivity index (χ1) is 16.6. The van der Waals surface area contributed by atoms with Gasteiger partial charge in [-0.25, -0.2) is 19.6 Å². The number of amides is 2. The molecule has 4 aromatic rings. The fourth-order valence-corrected chi connectivity index (χ4v) is 3.18. The van der Waals surface area contributed by atoms with Crippen LogP contribution in [0.3, 0.4) is 0 Å². The molecule has 0 saturated carbocycles. The van der Waals surface area contributed by atoms with Crippen LogP contribution in [-0.4, -0.2) is 28.1 Å². The van der Waals surface area contributed by atoms with E-state index < -0.39 is 12.2 Å². The summed E-state index contributed by atoms with van der Waals surface area (Å²) in [7, 11) is 0. The van der Waals surface area contributed by atoms with Crippen LogP contribution in [0.1, 0.15) is 16.7 Å². The number of halogens is 2. The first-order valence-corrected chi connectivity index (χ1v) is 10.6. The number of aromatic amines is 1. The number of aryl methyl sites for hydroxylation is 1. The van der Waals surface area contributed by atoms with Crippen LogP contribution < -0.4 is 10.6 Å². The topological polar surface area (TPSA) is 118 Å². The van der Waals surface area contributed by atoms with Gasteiger partial charge in [-0.05, 0) is 30.2 Å². The normalized spacial score (nSPS) is 9.81. The Morgan fingerprint density at radius 2 is 1.36 bits per heavy atom. The minimum absolute atomic E-state index is 0. The van der Waals surface area contributed by atoms with Crippen LogP contribution in [0.15, 0.2) is 84.1 Å². The Kier molecular flexibility index (Phi) is 10.7. The highest BCUT2D eigenvalue weighted by Gasteiger charge is 2.14. The Labute approximate surface area is 220 Å². The van der Waals surface area contributed by atoms with Crippen molar-refractivity contribution in [2.45, 2.75) is 20.1 Å². The van der Waals surface area contributed by atoms with Crippen molar-refractivity contribution in [3.8, 4) is 0 Å². The number of H-pyrrole nitrogens is 1. The molecule has 0 aliphatic rings. The standard InChI is InChI=1S/C25H23N5O4.2ClH/c1-17-20(12-13-21-22(17)27-16-26-21)28-23(29-24(31)33-14-18-8-4-2-5-9-18)30-25(32)34-15-19-10-6-3-7-11-19;;/h2-13,16H,14-15H2,1H3,(H,26,27)(H2,28,29,30,31,32);2*1H. The van der Waals surface area contributed by atoms with Gasteiger partial charge in [-0.2, -0.15) is 0 Å². The summed E-state index contributed by atoms with van der Waals surface area (Å²) in [6.45, 7) is 1.98. The quantitative estimate of drug-likeness (QED) is 0.231. The molecule has 0 bridgehead atoms. The average Bonchev–Trinajstić information content (AvgIpc) is 3.34. The number of imidazole rings is 1. The van der Waals surface area contributed by atoms with E-state index in [2.05, 4.69) is 25.6 Å². The fraction of sp³-hybridized carbons (Fsp3) is 0.120. The summed E-state index contributed by atoms with van der Waals surface area (Å²) in [5.41, 5.74) is 4.52. The molecule has 4 rings (SSSR count). The van der Waals surface area contributed by atoms with Crippen LogP contribution >= 0.6 is 24.8 Å². The average molecular weight is 530 g/mol. The van der Waals surface area contributed by atoms with Gasteiger partial charge in [0.25, 0.3) is 0 Å². The molecule has 0 fully saturated rings. The maximum Gasteiger partial charge on any atom is 0.414 e. The summed E-state index contributed by atoms with van der Waals surface area (Å²) in [5.74, 6) is -0.130. The molecule has 0 atom stereocenters. The number of hydrogen-bond donors (Lipinski definition) is 3. The number of aromatic nitrogens is 2. The minimum atomic E-state index is -0.774. The zero-order chi connectivity index (χ0) is 23.8. The molecule has 0 saturated heterocycles. The molecule has 0 unspecified atom stereocenters. The number of benzene rings is 3. The third-order valence-electron chi connectivity index (χ3n) is 4.91. The largest absolute Gasteiger partial charge is 0.444 e. The number of nitrogens with zero attached hydrogens (tertiary/aromatic N) is 2. The summed E-state index contributed by atoms with van der Waals surface area (Å²) in [6, 6.07) is 22.1. The van der Waals surface area contributed by atoms with Gasteiger partial charge in [-0.15, -0.1) is 24.8 Å². The lowest BCUT2D eigenvalue weighted by molar-refractivity contribution is 0.141. The Morgan fingerprint density at radius 1 is 0.833 bits per heavy atom. The molecule has 0 radical (unpaired) electrons. The Hall–Kier alpha value is -4.08. The lowest BCUT2D eigenvalue weighted by Gasteiger charge is -2.12. The van der Waals surface area contributed by atoms with Crippen molar-refractivity contribution >= 4 is 59.7 Å². The molecule has 0 spiro atoms. The number of hydrogen-bond acceptors (Lipinski definition) is 6. The molecule has 3 aromatic carbocycles. The SMILES string of the molecule is Cc1c(N=C(NC(=O)OCc2ccccc2)NC(=O)OCc2ccccc2)ccc2[nH]cnc12.Cl.Cl. The molecule has 188 valence electrons. The second-order valence-electron chi connectivity index (χ2n) is 7.34. The highest BCUT2D eigenvalue weighted by molar-refractivity contribution is 6.02. The third kappa shape index (κ3) is 7.72. The van der Waals surface area contributed by atoms with E-state index in [-0.39, 0.29) is 44.0 Å². The number of guanidine groups is 1. The Morgan fingerprint density at radius 3 is 1.89 bits per heavy atom. The van der Waals surface area contributed by atoms with Crippen molar-refractivity contribution < 1.29 is 19.1 Å². The van der Waals surface area contributed by atoms with E-state index in [1.165, 1.54) is 0 Å². The van der Waals surface area contributed by atoms with Crippen LogP contribution in [0, 0.1) is 6.92 Å². The first-order valence-electron chi connectivity index (χ1n) is 10.6. The van der Waals surface area contributed by atoms with Gasteiger partial charge < -0.3 is 14.5 Å². The van der Waals surface area contributed by atoms with Gasteiger partial charge in [0.2, 0.25) is 5.96 Å². The van der Waals surface area contributed by atoms with Crippen LogP contribution in [0.2, 0.25) is 0 Å². The van der Waals surface area contributed by atoms with Gasteiger partial charge in [0, 0.05) is 5.56 Å². The summed E-state index contributed by atoms with van der Waals surface area (Å²) < 4.78 is 10.5. The van der Waals surface area contributed by atoms with E-state index in [1.54, 1.807) is 12.4 Å². The van der Waals surface area contributed by atoms with E-state index in [0.29, 0.717) is 5.69 Å². The summed E-state index contributed by atoms with van der Waals surface area (Å²) in [5, 5.41) is 4.97. The van der Waals surface area contributed by atoms with Crippen LogP contribution in [0.5, 0.6) is 0 Å². The number of ether oxygens (including phenoxy) is 2. The predicted octanol–water partition coefficient (Wildman–Crippen LogP) is 5.56. The molecule has 9 nitrogen and oxygen atoms in total. The number of carbonyl (C=O) groups excluding carboxylic acids is 2. The minimum Gasteiger partial charge on any atom is -0.444 e. The van der Waals surface area contributed by atoms with E-state index in [0.717, 1.165) is 27.7 Å². The summed E-state index contributed by atoms with van der Waals surface area (Å²) in [6.07, 6.45) is 0.0405. The maximum atomic E-state index is 12.4. The van der Waals surface area contributed by atoms with Gasteiger partial charge in [0.1, 0.15) is 13.2 Å². The van der Waals surface area contributed by atoms with Gasteiger partial charge in [0.15, 0.2) is 0 Å². The van der Waals surface area contributed by atoms with Crippen LogP contribution in [-0.2, 0) is 22.7 Å². The number of carbonyl (C=O) groups is 2.